The summed E-state index contributed by atoms with van der Waals surface area (Å²) in [5, 5.41) is 16.2. The predicted octanol–water partition coefficient (Wildman–Crippen LogP) is 1.30. The van der Waals surface area contributed by atoms with Gasteiger partial charge < -0.3 is 20.1 Å². The first kappa shape index (κ1) is 19.6. The summed E-state index contributed by atoms with van der Waals surface area (Å²) in [4.78, 5) is 25.9. The second kappa shape index (κ2) is 7.81. The van der Waals surface area contributed by atoms with E-state index < -0.39 is 17.7 Å². The lowest BCUT2D eigenvalue weighted by Gasteiger charge is -2.15. The monoisotopic (exact) mass is 388 g/mol. The van der Waals surface area contributed by atoms with Crippen LogP contribution < -0.4 is 5.32 Å². The van der Waals surface area contributed by atoms with Crippen molar-refractivity contribution in [2.75, 3.05) is 32.1 Å². The summed E-state index contributed by atoms with van der Waals surface area (Å²) < 4.78 is 20.9. The lowest BCUT2D eigenvalue weighted by atomic mass is 10.2. The van der Waals surface area contributed by atoms with E-state index in [0.29, 0.717) is 5.69 Å². The molecule has 0 saturated carbocycles. The number of ether oxygens (including phenoxy) is 1. The van der Waals surface area contributed by atoms with Gasteiger partial charge in [-0.3, -0.25) is 4.79 Å². The number of aliphatic hydroxyl groups is 1. The Morgan fingerprint density at radius 2 is 2.11 bits per heavy atom. The summed E-state index contributed by atoms with van der Waals surface area (Å²) in [5.41, 5.74) is 2.28. The van der Waals surface area contributed by atoms with Crippen molar-refractivity contribution in [1.29, 1.82) is 0 Å². The first-order chi connectivity index (χ1) is 13.3. The minimum Gasteiger partial charge on any atom is -0.466 e. The van der Waals surface area contributed by atoms with Crippen molar-refractivity contribution in [3.05, 3.63) is 52.7 Å². The van der Waals surface area contributed by atoms with Gasteiger partial charge in [-0.25, -0.2) is 13.9 Å². The molecule has 1 amide bonds. The van der Waals surface area contributed by atoms with Gasteiger partial charge in [-0.1, -0.05) is 0 Å². The van der Waals surface area contributed by atoms with Gasteiger partial charge in [0.1, 0.15) is 11.4 Å². The van der Waals surface area contributed by atoms with Gasteiger partial charge in [0.2, 0.25) is 0 Å². The average molecular weight is 388 g/mol. The number of carbonyl (C=O) groups is 2. The number of carbonyl (C=O) groups excluding carboxylic acids is 2. The summed E-state index contributed by atoms with van der Waals surface area (Å²) >= 11 is 0. The molecule has 28 heavy (non-hydrogen) atoms. The van der Waals surface area contributed by atoms with Crippen molar-refractivity contribution in [1.82, 2.24) is 14.7 Å². The lowest BCUT2D eigenvalue weighted by Crippen LogP contribution is -2.31. The van der Waals surface area contributed by atoms with Gasteiger partial charge in [-0.15, -0.1) is 0 Å². The summed E-state index contributed by atoms with van der Waals surface area (Å²) in [6.07, 6.45) is 0. The highest BCUT2D eigenvalue weighted by molar-refractivity contribution is 6.08. The van der Waals surface area contributed by atoms with Crippen LogP contribution >= 0.6 is 0 Å². The largest absolute Gasteiger partial charge is 0.466 e. The molecule has 0 bridgehead atoms. The second-order valence-electron chi connectivity index (χ2n) is 6.43. The molecule has 0 fully saturated rings. The number of aromatic nitrogens is 2. The van der Waals surface area contributed by atoms with E-state index >= 15 is 0 Å². The van der Waals surface area contributed by atoms with Gasteiger partial charge in [0.05, 0.1) is 31.5 Å². The minimum absolute atomic E-state index is 0.0126. The lowest BCUT2D eigenvalue weighted by molar-refractivity contribution is -0.136. The Kier molecular flexibility index (Phi) is 5.46. The summed E-state index contributed by atoms with van der Waals surface area (Å²) in [6, 6.07) is 6.21. The molecule has 0 atom stereocenters. The van der Waals surface area contributed by atoms with E-state index in [-0.39, 0.29) is 36.7 Å². The van der Waals surface area contributed by atoms with Crippen LogP contribution in [0.4, 0.5) is 10.1 Å². The van der Waals surface area contributed by atoms with Crippen molar-refractivity contribution in [2.24, 2.45) is 0 Å². The van der Waals surface area contributed by atoms with E-state index in [1.54, 1.807) is 12.1 Å². The Balaban J connectivity index is 1.91. The minimum atomic E-state index is -0.656. The number of benzene rings is 1. The molecule has 9 heteroatoms. The maximum absolute atomic E-state index is 14.7. The summed E-state index contributed by atoms with van der Waals surface area (Å²) in [7, 11) is 1.22. The van der Waals surface area contributed by atoms with Crippen molar-refractivity contribution in [2.45, 2.75) is 13.8 Å². The number of β-amino-alcohol motifs (C(OH)–C–C–N with tert-alkyl or cyclic N) is 1. The fourth-order valence-electron chi connectivity index (χ4n) is 3.12. The zero-order valence-electron chi connectivity index (χ0n) is 15.8. The Labute approximate surface area is 161 Å². The Bertz CT molecular complexity index is 967. The summed E-state index contributed by atoms with van der Waals surface area (Å²) in [5.74, 6) is -1.65. The van der Waals surface area contributed by atoms with Crippen LogP contribution in [0.3, 0.4) is 0 Å². The van der Waals surface area contributed by atoms with Crippen LogP contribution in [0.5, 0.6) is 0 Å². The van der Waals surface area contributed by atoms with Crippen molar-refractivity contribution in [3.8, 4) is 5.69 Å². The maximum Gasteiger partial charge on any atom is 0.337 e. The number of esters is 1. The molecule has 0 radical (unpaired) electrons. The van der Waals surface area contributed by atoms with Gasteiger partial charge in [-0.05, 0) is 38.1 Å². The van der Waals surface area contributed by atoms with Crippen LogP contribution in [0.1, 0.15) is 11.4 Å². The molecule has 1 aliphatic rings. The molecular weight excluding hydrogens is 367 g/mol. The molecule has 0 unspecified atom stereocenters. The topological polar surface area (TPSA) is 96.7 Å². The third-order valence-electron chi connectivity index (χ3n) is 4.41. The molecule has 3 rings (SSSR count). The highest BCUT2D eigenvalue weighted by Crippen LogP contribution is 2.25. The van der Waals surface area contributed by atoms with Crippen LogP contribution in [-0.2, 0) is 14.3 Å². The number of amides is 1. The Hall–Kier alpha value is -3.20. The molecule has 2 heterocycles. The van der Waals surface area contributed by atoms with Crippen LogP contribution in [0.2, 0.25) is 0 Å². The first-order valence-electron chi connectivity index (χ1n) is 8.67. The zero-order chi connectivity index (χ0) is 20.4. The van der Waals surface area contributed by atoms with E-state index in [2.05, 4.69) is 10.4 Å². The van der Waals surface area contributed by atoms with E-state index in [1.165, 1.54) is 22.8 Å². The number of anilines is 1. The maximum atomic E-state index is 14.7. The molecule has 0 saturated heterocycles. The standard InChI is InChI=1S/C19H21FN4O4/c1-11-8-12(2)24(22-11)16-5-4-13(9-15(16)20)21-17-14(19(27)28-3)10-23(6-7-25)18(17)26/h4-5,8-9,21,25H,6-7,10H2,1-3H3. The first-order valence-corrected chi connectivity index (χ1v) is 8.67. The van der Waals surface area contributed by atoms with Crippen molar-refractivity contribution < 1.29 is 23.8 Å². The molecule has 2 aromatic rings. The molecule has 2 N–H and O–H groups in total. The quantitative estimate of drug-likeness (QED) is 0.724. The van der Waals surface area contributed by atoms with Crippen LogP contribution in [-0.4, -0.2) is 58.5 Å². The predicted molar refractivity (Wildman–Crippen MR) is 99.3 cm³/mol. The third-order valence-corrected chi connectivity index (χ3v) is 4.41. The molecule has 8 nitrogen and oxygen atoms in total. The molecular formula is C19H21FN4O4. The molecule has 148 valence electrons. The van der Waals surface area contributed by atoms with E-state index in [4.69, 9.17) is 9.84 Å². The Morgan fingerprint density at radius 3 is 2.68 bits per heavy atom. The zero-order valence-corrected chi connectivity index (χ0v) is 15.8. The molecule has 0 spiro atoms. The van der Waals surface area contributed by atoms with Gasteiger partial charge in [0.25, 0.3) is 5.91 Å². The van der Waals surface area contributed by atoms with Gasteiger partial charge in [0.15, 0.2) is 5.82 Å². The molecule has 0 aliphatic carbocycles. The number of hydrogen-bond donors (Lipinski definition) is 2. The SMILES string of the molecule is COC(=O)C1=C(Nc2ccc(-n3nc(C)cc3C)c(F)c2)C(=O)N(CCO)C1. The summed E-state index contributed by atoms with van der Waals surface area (Å²) in [6.45, 7) is 3.50. The second-order valence-corrected chi connectivity index (χ2v) is 6.43. The molecule has 1 aromatic heterocycles. The van der Waals surface area contributed by atoms with Gasteiger partial charge in [0, 0.05) is 17.9 Å². The van der Waals surface area contributed by atoms with Crippen molar-refractivity contribution in [3.63, 3.8) is 0 Å². The average Bonchev–Trinajstić information content (AvgIpc) is 3.15. The fourth-order valence-corrected chi connectivity index (χ4v) is 3.12. The van der Waals surface area contributed by atoms with E-state index in [9.17, 15) is 14.0 Å². The fraction of sp³-hybridized carbons (Fsp3) is 0.316. The van der Waals surface area contributed by atoms with Crippen LogP contribution in [0, 0.1) is 19.7 Å². The number of aliphatic hydroxyl groups excluding tert-OH is 1. The van der Waals surface area contributed by atoms with Gasteiger partial charge >= 0.3 is 5.97 Å². The van der Waals surface area contributed by atoms with E-state index in [0.717, 1.165) is 11.4 Å². The number of methoxy groups -OCH3 is 1. The third kappa shape index (κ3) is 3.61. The number of halogens is 1. The van der Waals surface area contributed by atoms with Gasteiger partial charge in [-0.2, -0.15) is 5.10 Å². The molecule has 1 aliphatic heterocycles. The normalized spacial score (nSPS) is 14.0. The highest BCUT2D eigenvalue weighted by Gasteiger charge is 2.34. The number of aryl methyl sites for hydroxylation is 2. The van der Waals surface area contributed by atoms with Crippen LogP contribution in [0.25, 0.3) is 5.69 Å². The van der Waals surface area contributed by atoms with Crippen LogP contribution in [0.15, 0.2) is 35.5 Å². The Morgan fingerprint density at radius 1 is 1.36 bits per heavy atom. The number of nitrogens with zero attached hydrogens (tertiary/aromatic N) is 3. The molecule has 1 aromatic carbocycles. The van der Waals surface area contributed by atoms with E-state index in [1.807, 2.05) is 19.9 Å². The number of nitrogens with one attached hydrogen (secondary N) is 1. The number of hydrogen-bond acceptors (Lipinski definition) is 6. The number of rotatable bonds is 6. The smallest absolute Gasteiger partial charge is 0.337 e. The highest BCUT2D eigenvalue weighted by atomic mass is 19.1. The van der Waals surface area contributed by atoms with Crippen molar-refractivity contribution >= 4 is 17.6 Å².